The second-order valence-corrected chi connectivity index (χ2v) is 11.1. The number of fused-ring (bicyclic) bond motifs is 1. The highest BCUT2D eigenvalue weighted by molar-refractivity contribution is 7.89. The fourth-order valence-corrected chi connectivity index (χ4v) is 6.63. The lowest BCUT2D eigenvalue weighted by molar-refractivity contribution is -0.166. The Balaban J connectivity index is 1.78. The number of benzene rings is 2. The van der Waals surface area contributed by atoms with Crippen molar-refractivity contribution in [3.05, 3.63) is 59.4 Å². The zero-order valence-electron chi connectivity index (χ0n) is 20.3. The molecule has 2 unspecified atom stereocenters. The Labute approximate surface area is 205 Å². The number of sulfonamides is 1. The van der Waals surface area contributed by atoms with Gasteiger partial charge in [0.15, 0.2) is 0 Å². The molecule has 0 aliphatic carbocycles. The van der Waals surface area contributed by atoms with Gasteiger partial charge in [-0.15, -0.1) is 0 Å². The van der Waals surface area contributed by atoms with Crippen molar-refractivity contribution in [2.75, 3.05) is 20.2 Å². The van der Waals surface area contributed by atoms with Crippen LogP contribution in [0, 0.1) is 12.7 Å². The van der Waals surface area contributed by atoms with Gasteiger partial charge in [-0.05, 0) is 56.2 Å². The minimum atomic E-state index is -4.06. The van der Waals surface area contributed by atoms with E-state index in [0.717, 1.165) is 5.56 Å². The second-order valence-electron chi connectivity index (χ2n) is 9.23. The molecule has 2 saturated heterocycles. The van der Waals surface area contributed by atoms with E-state index in [9.17, 15) is 22.4 Å². The first-order valence-corrected chi connectivity index (χ1v) is 13.0. The molecule has 0 aromatic heterocycles. The molecule has 0 spiro atoms. The van der Waals surface area contributed by atoms with Gasteiger partial charge >= 0.3 is 0 Å². The molecule has 2 fully saturated rings. The molecular weight excluding hydrogens is 473 g/mol. The molecule has 0 radical (unpaired) electrons. The van der Waals surface area contributed by atoms with Crippen molar-refractivity contribution in [3.8, 4) is 5.75 Å². The summed E-state index contributed by atoms with van der Waals surface area (Å²) in [5.74, 6) is -0.707. The number of hydrogen-bond acceptors (Lipinski definition) is 5. The van der Waals surface area contributed by atoms with Crippen LogP contribution in [0.15, 0.2) is 47.4 Å². The van der Waals surface area contributed by atoms with E-state index in [2.05, 4.69) is 0 Å². The first-order valence-electron chi connectivity index (χ1n) is 11.6. The smallest absolute Gasteiger partial charge is 0.248 e. The third-order valence-corrected chi connectivity index (χ3v) is 8.54. The highest BCUT2D eigenvalue weighted by atomic mass is 32.2. The van der Waals surface area contributed by atoms with Crippen molar-refractivity contribution in [1.82, 2.24) is 14.1 Å². The third kappa shape index (κ3) is 4.64. The van der Waals surface area contributed by atoms with Crippen LogP contribution in [0.1, 0.15) is 31.4 Å². The van der Waals surface area contributed by atoms with Crippen molar-refractivity contribution in [3.63, 3.8) is 0 Å². The standard InChI is InChI=1S/C25H30FN3O5S/c1-16(2)27-15-23-28(35(32,33)22-13-17(3)5-10-21(22)34-4)12-11-24(30)29(23)20(25(27)31)14-18-6-8-19(26)9-7-18/h5-10,13,16,20,23H,11-12,14-15H2,1-4H3. The average molecular weight is 504 g/mol. The lowest BCUT2D eigenvalue weighted by atomic mass is 9.97. The minimum Gasteiger partial charge on any atom is -0.495 e. The van der Waals surface area contributed by atoms with E-state index in [-0.39, 0.29) is 54.4 Å². The van der Waals surface area contributed by atoms with Crippen LogP contribution in [0.5, 0.6) is 5.75 Å². The fourth-order valence-electron chi connectivity index (χ4n) is 4.81. The zero-order chi connectivity index (χ0) is 25.5. The molecule has 2 heterocycles. The van der Waals surface area contributed by atoms with Crippen LogP contribution in [-0.4, -0.2) is 72.8 Å². The van der Waals surface area contributed by atoms with Crippen molar-refractivity contribution >= 4 is 21.8 Å². The zero-order valence-corrected chi connectivity index (χ0v) is 21.1. The molecule has 2 aromatic carbocycles. The Morgan fingerprint density at radius 2 is 1.80 bits per heavy atom. The summed E-state index contributed by atoms with van der Waals surface area (Å²) >= 11 is 0. The minimum absolute atomic E-state index is 0.00280. The molecule has 2 aliphatic rings. The van der Waals surface area contributed by atoms with Crippen LogP contribution in [-0.2, 0) is 26.0 Å². The maximum absolute atomic E-state index is 13.9. The molecule has 2 atom stereocenters. The number of nitrogens with zero attached hydrogens (tertiary/aromatic N) is 3. The number of ether oxygens (including phenoxy) is 1. The number of piperazine rings is 1. The topological polar surface area (TPSA) is 87.2 Å². The molecule has 8 nitrogen and oxygen atoms in total. The lowest BCUT2D eigenvalue weighted by Crippen LogP contribution is -2.72. The molecule has 0 N–H and O–H groups in total. The fraction of sp³-hybridized carbons (Fsp3) is 0.440. The number of carbonyl (C=O) groups is 2. The first kappa shape index (κ1) is 25.1. The van der Waals surface area contributed by atoms with Crippen molar-refractivity contribution in [2.24, 2.45) is 0 Å². The van der Waals surface area contributed by atoms with Gasteiger partial charge in [-0.25, -0.2) is 12.8 Å². The van der Waals surface area contributed by atoms with Crippen molar-refractivity contribution < 1.29 is 27.1 Å². The second kappa shape index (κ2) is 9.58. The molecule has 4 rings (SSSR count). The Kier molecular flexibility index (Phi) is 6.88. The number of carbonyl (C=O) groups excluding carboxylic acids is 2. The summed E-state index contributed by atoms with van der Waals surface area (Å²) in [5, 5.41) is 0. The van der Waals surface area contributed by atoms with E-state index in [0.29, 0.717) is 5.56 Å². The highest BCUT2D eigenvalue weighted by Crippen LogP contribution is 2.35. The lowest BCUT2D eigenvalue weighted by Gasteiger charge is -2.52. The predicted octanol–water partition coefficient (Wildman–Crippen LogP) is 2.55. The highest BCUT2D eigenvalue weighted by Gasteiger charge is 2.51. The Morgan fingerprint density at radius 3 is 2.43 bits per heavy atom. The normalized spacial score (nSPS) is 21.4. The van der Waals surface area contributed by atoms with Gasteiger partial charge in [-0.3, -0.25) is 9.59 Å². The summed E-state index contributed by atoms with van der Waals surface area (Å²) in [4.78, 5) is 29.7. The van der Waals surface area contributed by atoms with Crippen LogP contribution in [0.2, 0.25) is 0 Å². The average Bonchev–Trinajstić information content (AvgIpc) is 2.81. The molecule has 10 heteroatoms. The summed E-state index contributed by atoms with van der Waals surface area (Å²) in [7, 11) is -2.65. The van der Waals surface area contributed by atoms with E-state index in [1.54, 1.807) is 42.2 Å². The summed E-state index contributed by atoms with van der Waals surface area (Å²) in [6.45, 7) is 5.58. The van der Waals surface area contributed by atoms with Gasteiger partial charge < -0.3 is 14.5 Å². The number of aryl methyl sites for hydroxylation is 1. The molecule has 35 heavy (non-hydrogen) atoms. The quantitative estimate of drug-likeness (QED) is 0.605. The third-order valence-electron chi connectivity index (χ3n) is 6.62. The number of amides is 2. The number of rotatable bonds is 6. The maximum Gasteiger partial charge on any atom is 0.248 e. The largest absolute Gasteiger partial charge is 0.495 e. The van der Waals surface area contributed by atoms with Gasteiger partial charge in [0.2, 0.25) is 21.8 Å². The summed E-state index contributed by atoms with van der Waals surface area (Å²) in [6, 6.07) is 9.60. The Hall–Kier alpha value is -2.98. The van der Waals surface area contributed by atoms with Crippen LogP contribution in [0.25, 0.3) is 0 Å². The summed E-state index contributed by atoms with van der Waals surface area (Å²) in [5.41, 5.74) is 1.44. The van der Waals surface area contributed by atoms with Crippen LogP contribution in [0.4, 0.5) is 4.39 Å². The van der Waals surface area contributed by atoms with Crippen LogP contribution >= 0.6 is 0 Å². The van der Waals surface area contributed by atoms with Crippen LogP contribution < -0.4 is 4.74 Å². The molecule has 188 valence electrons. The summed E-state index contributed by atoms with van der Waals surface area (Å²) < 4.78 is 47.9. The van der Waals surface area contributed by atoms with Gasteiger partial charge in [0, 0.05) is 25.4 Å². The Morgan fingerprint density at radius 1 is 1.11 bits per heavy atom. The first-order chi connectivity index (χ1) is 16.5. The van der Waals surface area contributed by atoms with E-state index < -0.39 is 28.0 Å². The van der Waals surface area contributed by atoms with Gasteiger partial charge in [-0.2, -0.15) is 4.31 Å². The number of halogens is 1. The van der Waals surface area contributed by atoms with Gasteiger partial charge in [0.25, 0.3) is 0 Å². The molecular formula is C25H30FN3O5S. The van der Waals surface area contributed by atoms with Gasteiger partial charge in [0.1, 0.15) is 28.7 Å². The molecule has 0 saturated carbocycles. The molecule has 2 aromatic rings. The summed E-state index contributed by atoms with van der Waals surface area (Å²) in [6.07, 6.45) is -0.748. The van der Waals surface area contributed by atoms with Gasteiger partial charge in [-0.1, -0.05) is 18.2 Å². The van der Waals surface area contributed by atoms with Crippen LogP contribution in [0.3, 0.4) is 0 Å². The SMILES string of the molecule is COc1ccc(C)cc1S(=O)(=O)N1CCC(=O)N2C(Cc3ccc(F)cc3)C(=O)N(C(C)C)CC21. The Bertz CT molecular complexity index is 1230. The van der Waals surface area contributed by atoms with Crippen molar-refractivity contribution in [1.29, 1.82) is 0 Å². The van der Waals surface area contributed by atoms with Gasteiger partial charge in [0.05, 0.1) is 13.7 Å². The molecule has 0 bridgehead atoms. The molecule has 2 amide bonds. The molecule has 2 aliphatic heterocycles. The predicted molar refractivity (Wildman–Crippen MR) is 128 cm³/mol. The number of hydrogen-bond donors (Lipinski definition) is 0. The number of methoxy groups -OCH3 is 1. The monoisotopic (exact) mass is 503 g/mol. The van der Waals surface area contributed by atoms with Crippen molar-refractivity contribution in [2.45, 2.75) is 56.8 Å². The van der Waals surface area contributed by atoms with E-state index in [4.69, 9.17) is 4.74 Å². The van der Waals surface area contributed by atoms with E-state index in [1.807, 2.05) is 13.8 Å². The maximum atomic E-state index is 13.9. The van der Waals surface area contributed by atoms with E-state index >= 15 is 0 Å². The van der Waals surface area contributed by atoms with E-state index in [1.165, 1.54) is 28.4 Å².